The van der Waals surface area contributed by atoms with Crippen molar-refractivity contribution >= 4 is 11.9 Å². The zero-order valence-electron chi connectivity index (χ0n) is 12.3. The van der Waals surface area contributed by atoms with Crippen LogP contribution in [0.2, 0.25) is 0 Å². The highest BCUT2D eigenvalue weighted by Crippen LogP contribution is 2.33. The van der Waals surface area contributed by atoms with Crippen LogP contribution in [-0.4, -0.2) is 59.1 Å². The van der Waals surface area contributed by atoms with Gasteiger partial charge in [0.1, 0.15) is 11.6 Å². The highest BCUT2D eigenvalue weighted by atomic mass is 19.1. The molecule has 0 saturated carbocycles. The normalized spacial score (nSPS) is 25.3. The number of carbonyl (C=O) groups is 2. The van der Waals surface area contributed by atoms with E-state index in [0.717, 1.165) is 23.1 Å². The summed E-state index contributed by atoms with van der Waals surface area (Å²) < 4.78 is 27.4. The van der Waals surface area contributed by atoms with Crippen LogP contribution < -0.4 is 5.32 Å². The lowest BCUT2D eigenvalue weighted by atomic mass is 10.0. The summed E-state index contributed by atoms with van der Waals surface area (Å²) >= 11 is 0. The van der Waals surface area contributed by atoms with Gasteiger partial charge in [0.15, 0.2) is 0 Å². The van der Waals surface area contributed by atoms with Gasteiger partial charge in [0.25, 0.3) is 0 Å². The quantitative estimate of drug-likeness (QED) is 0.796. The van der Waals surface area contributed by atoms with Crippen molar-refractivity contribution in [3.63, 3.8) is 0 Å². The number of imide groups is 1. The molecule has 2 N–H and O–H groups in total. The summed E-state index contributed by atoms with van der Waals surface area (Å²) in [5.41, 5.74) is 0.179. The number of aliphatic hydroxyl groups excluding tert-OH is 1. The Morgan fingerprint density at radius 3 is 2.74 bits per heavy atom. The fraction of sp³-hybridized carbons (Fsp3) is 0.467. The molecule has 2 aliphatic heterocycles. The van der Waals surface area contributed by atoms with Gasteiger partial charge in [-0.1, -0.05) is 0 Å². The zero-order valence-corrected chi connectivity index (χ0v) is 12.3. The summed E-state index contributed by atoms with van der Waals surface area (Å²) in [4.78, 5) is 25.9. The van der Waals surface area contributed by atoms with Crippen molar-refractivity contribution < 1.29 is 23.5 Å². The smallest absolute Gasteiger partial charge is 0.324 e. The minimum absolute atomic E-state index is 0.0244. The molecule has 2 atom stereocenters. The Morgan fingerprint density at radius 1 is 1.26 bits per heavy atom. The SMILES string of the molecule is O=C1CNC(=O)N1CCN1C[C@H](O)C[C@@H]1c1cc(F)ccc1F. The highest BCUT2D eigenvalue weighted by Gasteiger charge is 2.35. The van der Waals surface area contributed by atoms with Gasteiger partial charge < -0.3 is 10.4 Å². The number of hydrogen-bond donors (Lipinski definition) is 2. The number of hydrogen-bond acceptors (Lipinski definition) is 4. The van der Waals surface area contributed by atoms with E-state index in [1.807, 2.05) is 0 Å². The van der Waals surface area contributed by atoms with Crippen LogP contribution >= 0.6 is 0 Å². The van der Waals surface area contributed by atoms with Crippen LogP contribution in [0.5, 0.6) is 0 Å². The van der Waals surface area contributed by atoms with E-state index in [9.17, 15) is 23.5 Å². The number of halogens is 2. The number of amides is 3. The molecule has 0 radical (unpaired) electrons. The van der Waals surface area contributed by atoms with E-state index in [2.05, 4.69) is 5.32 Å². The van der Waals surface area contributed by atoms with Gasteiger partial charge in [-0.25, -0.2) is 13.6 Å². The van der Waals surface area contributed by atoms with Gasteiger partial charge in [-0.05, 0) is 24.6 Å². The van der Waals surface area contributed by atoms with E-state index < -0.39 is 29.8 Å². The molecule has 0 aromatic heterocycles. The van der Waals surface area contributed by atoms with Crippen LogP contribution in [-0.2, 0) is 4.79 Å². The summed E-state index contributed by atoms with van der Waals surface area (Å²) in [6, 6.07) is 2.29. The maximum Gasteiger partial charge on any atom is 0.324 e. The number of nitrogens with one attached hydrogen (secondary N) is 1. The molecule has 1 aromatic rings. The summed E-state index contributed by atoms with van der Waals surface area (Å²) in [6.45, 7) is 0.690. The first-order chi connectivity index (χ1) is 11.0. The van der Waals surface area contributed by atoms with Crippen LogP contribution in [0.15, 0.2) is 18.2 Å². The van der Waals surface area contributed by atoms with Gasteiger partial charge in [-0.15, -0.1) is 0 Å². The maximum absolute atomic E-state index is 14.0. The number of urea groups is 1. The fourth-order valence-corrected chi connectivity index (χ4v) is 3.13. The third kappa shape index (κ3) is 3.18. The molecule has 2 fully saturated rings. The predicted molar refractivity (Wildman–Crippen MR) is 76.4 cm³/mol. The average Bonchev–Trinajstić information content (AvgIpc) is 3.03. The third-order valence-corrected chi connectivity index (χ3v) is 4.25. The zero-order chi connectivity index (χ0) is 16.6. The van der Waals surface area contributed by atoms with Gasteiger partial charge in [0, 0.05) is 31.2 Å². The molecule has 2 saturated heterocycles. The Labute approximate surface area is 131 Å². The van der Waals surface area contributed by atoms with E-state index in [4.69, 9.17) is 0 Å². The maximum atomic E-state index is 14.0. The minimum Gasteiger partial charge on any atom is -0.392 e. The van der Waals surface area contributed by atoms with E-state index in [0.29, 0.717) is 0 Å². The molecule has 0 spiro atoms. The van der Waals surface area contributed by atoms with Crippen molar-refractivity contribution in [1.29, 1.82) is 0 Å². The van der Waals surface area contributed by atoms with Gasteiger partial charge in [0.05, 0.1) is 12.6 Å². The van der Waals surface area contributed by atoms with E-state index in [1.54, 1.807) is 4.90 Å². The van der Waals surface area contributed by atoms with Crippen LogP contribution in [0.4, 0.5) is 13.6 Å². The van der Waals surface area contributed by atoms with E-state index >= 15 is 0 Å². The fourth-order valence-electron chi connectivity index (χ4n) is 3.13. The summed E-state index contributed by atoms with van der Waals surface area (Å²) in [5.74, 6) is -1.40. The number of nitrogens with zero attached hydrogens (tertiary/aromatic N) is 2. The molecule has 23 heavy (non-hydrogen) atoms. The molecule has 2 heterocycles. The summed E-state index contributed by atoms with van der Waals surface area (Å²) in [7, 11) is 0. The number of aliphatic hydroxyl groups is 1. The van der Waals surface area contributed by atoms with Crippen molar-refractivity contribution in [2.24, 2.45) is 0 Å². The molecule has 2 aliphatic rings. The van der Waals surface area contributed by atoms with Crippen LogP contribution in [0.1, 0.15) is 18.0 Å². The highest BCUT2D eigenvalue weighted by molar-refractivity contribution is 6.01. The predicted octanol–water partition coefficient (Wildman–Crippen LogP) is 0.624. The topological polar surface area (TPSA) is 72.9 Å². The summed E-state index contributed by atoms with van der Waals surface area (Å²) in [6.07, 6.45) is -0.383. The van der Waals surface area contributed by atoms with Crippen molar-refractivity contribution in [2.45, 2.75) is 18.6 Å². The van der Waals surface area contributed by atoms with Gasteiger partial charge in [-0.2, -0.15) is 0 Å². The van der Waals surface area contributed by atoms with E-state index in [-0.39, 0.29) is 44.1 Å². The molecular formula is C15H17F2N3O3. The van der Waals surface area contributed by atoms with Crippen molar-refractivity contribution in [1.82, 2.24) is 15.1 Å². The van der Waals surface area contributed by atoms with Gasteiger partial charge >= 0.3 is 6.03 Å². The molecular weight excluding hydrogens is 308 g/mol. The largest absolute Gasteiger partial charge is 0.392 e. The van der Waals surface area contributed by atoms with Crippen molar-refractivity contribution in [3.05, 3.63) is 35.4 Å². The van der Waals surface area contributed by atoms with Gasteiger partial charge in [-0.3, -0.25) is 14.6 Å². The Morgan fingerprint density at radius 2 is 2.04 bits per heavy atom. The lowest BCUT2D eigenvalue weighted by Gasteiger charge is -2.26. The first-order valence-corrected chi connectivity index (χ1v) is 7.41. The van der Waals surface area contributed by atoms with Crippen LogP contribution in [0.25, 0.3) is 0 Å². The Balaban J connectivity index is 1.73. The Bertz CT molecular complexity index is 624. The molecule has 0 unspecified atom stereocenters. The van der Waals surface area contributed by atoms with Crippen molar-refractivity contribution in [3.8, 4) is 0 Å². The van der Waals surface area contributed by atoms with Crippen LogP contribution in [0, 0.1) is 11.6 Å². The standard InChI is InChI=1S/C15H17F2N3O3/c16-9-1-2-12(17)11(5-9)13-6-10(21)8-19(13)3-4-20-14(22)7-18-15(20)23/h1-2,5,10,13,21H,3-4,6-8H2,(H,18,23)/t10-,13-/m1/s1. The monoisotopic (exact) mass is 325 g/mol. The first-order valence-electron chi connectivity index (χ1n) is 7.41. The number of β-amino-alcohol motifs (C(OH)–C–C–N with tert-alkyl or cyclic N) is 1. The lowest BCUT2D eigenvalue weighted by Crippen LogP contribution is -2.39. The number of benzene rings is 1. The second-order valence-electron chi connectivity index (χ2n) is 5.77. The van der Waals surface area contributed by atoms with Crippen LogP contribution in [0.3, 0.4) is 0 Å². The molecule has 0 bridgehead atoms. The second kappa shape index (κ2) is 6.21. The molecule has 0 aliphatic carbocycles. The number of carbonyl (C=O) groups excluding carboxylic acids is 2. The average molecular weight is 325 g/mol. The minimum atomic E-state index is -0.661. The number of likely N-dealkylation sites (tertiary alicyclic amines) is 1. The second-order valence-corrected chi connectivity index (χ2v) is 5.77. The molecule has 3 rings (SSSR count). The summed E-state index contributed by atoms with van der Waals surface area (Å²) in [5, 5.41) is 12.3. The molecule has 1 aromatic carbocycles. The Kier molecular flexibility index (Phi) is 4.27. The Hall–Kier alpha value is -2.06. The van der Waals surface area contributed by atoms with E-state index in [1.165, 1.54) is 0 Å². The van der Waals surface area contributed by atoms with Gasteiger partial charge in [0.2, 0.25) is 5.91 Å². The first kappa shape index (κ1) is 15.8. The molecule has 124 valence electrons. The lowest BCUT2D eigenvalue weighted by molar-refractivity contribution is -0.125. The third-order valence-electron chi connectivity index (χ3n) is 4.25. The molecule has 6 nitrogen and oxygen atoms in total. The molecule has 3 amide bonds. The molecule has 8 heteroatoms. The van der Waals surface area contributed by atoms with Crippen molar-refractivity contribution in [2.75, 3.05) is 26.2 Å². The number of rotatable bonds is 4.